The van der Waals surface area contributed by atoms with Crippen molar-refractivity contribution >= 4 is 29.0 Å². The van der Waals surface area contributed by atoms with Crippen LogP contribution < -0.4 is 21.9 Å². The maximum atomic E-state index is 13.6. The summed E-state index contributed by atoms with van der Waals surface area (Å²) in [5.41, 5.74) is 6.65. The molecule has 0 aliphatic carbocycles. The van der Waals surface area contributed by atoms with Crippen LogP contribution in [0.15, 0.2) is 94.5 Å². The molecule has 0 fully saturated rings. The lowest BCUT2D eigenvalue weighted by Crippen LogP contribution is -2.41. The van der Waals surface area contributed by atoms with E-state index in [2.05, 4.69) is 4.98 Å². The summed E-state index contributed by atoms with van der Waals surface area (Å²) in [5, 5.41) is 0.244. The fourth-order valence-electron chi connectivity index (χ4n) is 3.56. The number of benzene rings is 3. The number of hydrogen-bond donors (Lipinski definition) is 2. The Morgan fingerprint density at radius 1 is 0.879 bits per heavy atom. The van der Waals surface area contributed by atoms with Gasteiger partial charge in [0, 0.05) is 0 Å². The fraction of sp³-hybridized carbons (Fsp3) is 0.0800. The van der Waals surface area contributed by atoms with Crippen LogP contribution >= 0.6 is 11.6 Å². The summed E-state index contributed by atoms with van der Waals surface area (Å²) < 4.78 is 1.24. The Balaban J connectivity index is 1.87. The SMILES string of the molecule is Nc1c(N(Cc2ccccc2)C(=O)c2ccccc2Cl)c(=O)[nH]c(=O)n1Cc1ccccc1. The van der Waals surface area contributed by atoms with Gasteiger partial charge in [-0.05, 0) is 23.3 Å². The molecule has 7 nitrogen and oxygen atoms in total. The van der Waals surface area contributed by atoms with Crippen LogP contribution in [0.3, 0.4) is 0 Å². The van der Waals surface area contributed by atoms with E-state index in [1.165, 1.54) is 9.47 Å². The monoisotopic (exact) mass is 460 g/mol. The van der Waals surface area contributed by atoms with Gasteiger partial charge in [-0.25, -0.2) is 4.79 Å². The highest BCUT2D eigenvalue weighted by molar-refractivity contribution is 6.34. The Labute approximate surface area is 194 Å². The second-order valence-corrected chi connectivity index (χ2v) is 7.83. The van der Waals surface area contributed by atoms with Gasteiger partial charge >= 0.3 is 5.69 Å². The van der Waals surface area contributed by atoms with Gasteiger partial charge in [0.2, 0.25) is 0 Å². The highest BCUT2D eigenvalue weighted by Gasteiger charge is 2.26. The summed E-state index contributed by atoms with van der Waals surface area (Å²) in [6.07, 6.45) is 0. The van der Waals surface area contributed by atoms with E-state index < -0.39 is 17.2 Å². The predicted octanol–water partition coefficient (Wildman–Crippen LogP) is 3.67. The average molecular weight is 461 g/mol. The summed E-state index contributed by atoms with van der Waals surface area (Å²) in [7, 11) is 0. The van der Waals surface area contributed by atoms with Crippen molar-refractivity contribution < 1.29 is 4.79 Å². The lowest BCUT2D eigenvalue weighted by Gasteiger charge is -2.25. The lowest BCUT2D eigenvalue weighted by atomic mass is 10.1. The molecule has 1 amide bonds. The van der Waals surface area contributed by atoms with Gasteiger partial charge in [0.1, 0.15) is 5.82 Å². The molecule has 3 N–H and O–H groups in total. The molecule has 0 aliphatic heterocycles. The minimum Gasteiger partial charge on any atom is -0.383 e. The number of carbonyl (C=O) groups excluding carboxylic acids is 1. The number of H-pyrrole nitrogens is 1. The van der Waals surface area contributed by atoms with E-state index in [9.17, 15) is 14.4 Å². The molecule has 166 valence electrons. The van der Waals surface area contributed by atoms with Gasteiger partial charge in [-0.3, -0.25) is 24.0 Å². The molecule has 8 heteroatoms. The fourth-order valence-corrected chi connectivity index (χ4v) is 3.78. The van der Waals surface area contributed by atoms with Crippen molar-refractivity contribution in [3.05, 3.63) is 127 Å². The van der Waals surface area contributed by atoms with E-state index in [1.807, 2.05) is 60.7 Å². The minimum absolute atomic E-state index is 0.0573. The maximum Gasteiger partial charge on any atom is 0.330 e. The van der Waals surface area contributed by atoms with Gasteiger partial charge in [-0.1, -0.05) is 84.4 Å². The lowest BCUT2D eigenvalue weighted by molar-refractivity contribution is 0.0985. The number of hydrogen-bond acceptors (Lipinski definition) is 4. The quantitative estimate of drug-likeness (QED) is 0.458. The third-order valence-corrected chi connectivity index (χ3v) is 5.53. The van der Waals surface area contributed by atoms with Crippen LogP contribution in [0, 0.1) is 0 Å². The smallest absolute Gasteiger partial charge is 0.330 e. The Hall–Kier alpha value is -4.10. The van der Waals surface area contributed by atoms with Gasteiger partial charge in [-0.15, -0.1) is 0 Å². The largest absolute Gasteiger partial charge is 0.383 e. The van der Waals surface area contributed by atoms with Crippen LogP contribution in [0.25, 0.3) is 0 Å². The number of nitrogens with one attached hydrogen (secondary N) is 1. The number of anilines is 2. The molecule has 3 aromatic carbocycles. The second-order valence-electron chi connectivity index (χ2n) is 7.42. The van der Waals surface area contributed by atoms with Crippen LogP contribution in [-0.4, -0.2) is 15.5 Å². The molecule has 1 heterocycles. The molecule has 0 unspecified atom stereocenters. The summed E-state index contributed by atoms with van der Waals surface area (Å²) >= 11 is 6.28. The van der Waals surface area contributed by atoms with E-state index in [4.69, 9.17) is 17.3 Å². The summed E-state index contributed by atoms with van der Waals surface area (Å²) in [5.74, 6) is -0.615. The number of nitrogens with two attached hydrogens (primary N) is 1. The zero-order valence-electron chi connectivity index (χ0n) is 17.6. The first-order valence-corrected chi connectivity index (χ1v) is 10.6. The standard InChI is InChI=1S/C25H21ClN4O3/c26-20-14-8-7-13-19(20)24(32)29(15-17-9-3-1-4-10-17)21-22(27)30(25(33)28-23(21)31)16-18-11-5-2-6-12-18/h1-14H,15-16,27H2,(H,28,31,33). The highest BCUT2D eigenvalue weighted by atomic mass is 35.5. The van der Waals surface area contributed by atoms with Crippen LogP contribution in [0.4, 0.5) is 11.5 Å². The van der Waals surface area contributed by atoms with E-state index in [1.54, 1.807) is 24.3 Å². The number of aromatic amines is 1. The van der Waals surface area contributed by atoms with Crippen molar-refractivity contribution in [2.45, 2.75) is 13.1 Å². The molecule has 0 saturated carbocycles. The van der Waals surface area contributed by atoms with Crippen molar-refractivity contribution in [3.63, 3.8) is 0 Å². The molecular weight excluding hydrogens is 440 g/mol. The Bertz CT molecular complexity index is 1400. The first-order valence-electron chi connectivity index (χ1n) is 10.2. The van der Waals surface area contributed by atoms with Crippen molar-refractivity contribution in [3.8, 4) is 0 Å². The van der Waals surface area contributed by atoms with Crippen LogP contribution in [0.2, 0.25) is 5.02 Å². The number of aromatic nitrogens is 2. The van der Waals surface area contributed by atoms with Crippen molar-refractivity contribution in [2.75, 3.05) is 10.6 Å². The van der Waals surface area contributed by atoms with Crippen molar-refractivity contribution in [2.24, 2.45) is 0 Å². The third kappa shape index (κ3) is 4.73. The van der Waals surface area contributed by atoms with Crippen LogP contribution in [-0.2, 0) is 13.1 Å². The van der Waals surface area contributed by atoms with Gasteiger partial charge < -0.3 is 5.73 Å². The zero-order valence-corrected chi connectivity index (χ0v) is 18.3. The number of carbonyl (C=O) groups is 1. The first-order chi connectivity index (χ1) is 16.0. The molecule has 0 saturated heterocycles. The molecule has 33 heavy (non-hydrogen) atoms. The molecule has 0 bridgehead atoms. The molecule has 0 aliphatic rings. The number of rotatable bonds is 6. The minimum atomic E-state index is -0.752. The molecular formula is C25H21ClN4O3. The molecule has 0 radical (unpaired) electrons. The van der Waals surface area contributed by atoms with Crippen LogP contribution in [0.5, 0.6) is 0 Å². The molecule has 0 spiro atoms. The number of halogens is 1. The Kier molecular flexibility index (Phi) is 6.42. The average Bonchev–Trinajstić information content (AvgIpc) is 2.82. The number of nitrogen functional groups attached to an aromatic ring is 1. The summed E-state index contributed by atoms with van der Waals surface area (Å²) in [6.45, 7) is 0.191. The summed E-state index contributed by atoms with van der Waals surface area (Å²) in [4.78, 5) is 42.7. The maximum absolute atomic E-state index is 13.6. The van der Waals surface area contributed by atoms with Gasteiger partial charge in [0.25, 0.3) is 11.5 Å². The molecule has 4 aromatic rings. The van der Waals surface area contributed by atoms with Gasteiger partial charge in [0.05, 0.1) is 23.7 Å². The number of amides is 1. The van der Waals surface area contributed by atoms with E-state index in [-0.39, 0.29) is 35.2 Å². The van der Waals surface area contributed by atoms with Gasteiger partial charge in [-0.2, -0.15) is 0 Å². The van der Waals surface area contributed by atoms with Crippen molar-refractivity contribution in [1.82, 2.24) is 9.55 Å². The Morgan fingerprint density at radius 2 is 1.45 bits per heavy atom. The molecule has 1 aromatic heterocycles. The zero-order chi connectivity index (χ0) is 23.4. The first kappa shape index (κ1) is 22.1. The number of nitrogens with zero attached hydrogens (tertiary/aromatic N) is 2. The topological polar surface area (TPSA) is 101 Å². The summed E-state index contributed by atoms with van der Waals surface area (Å²) in [6, 6.07) is 25.0. The molecule has 4 rings (SSSR count). The molecule has 0 atom stereocenters. The normalized spacial score (nSPS) is 10.7. The Morgan fingerprint density at radius 3 is 2.09 bits per heavy atom. The third-order valence-electron chi connectivity index (χ3n) is 5.20. The van der Waals surface area contributed by atoms with E-state index >= 15 is 0 Å². The van der Waals surface area contributed by atoms with Gasteiger partial charge in [0.15, 0.2) is 5.69 Å². The van der Waals surface area contributed by atoms with E-state index in [0.717, 1.165) is 11.1 Å². The van der Waals surface area contributed by atoms with Crippen LogP contribution in [0.1, 0.15) is 21.5 Å². The predicted molar refractivity (Wildman–Crippen MR) is 130 cm³/mol. The van der Waals surface area contributed by atoms with Crippen molar-refractivity contribution in [1.29, 1.82) is 0 Å². The van der Waals surface area contributed by atoms with E-state index in [0.29, 0.717) is 0 Å². The highest BCUT2D eigenvalue weighted by Crippen LogP contribution is 2.25. The second kappa shape index (κ2) is 9.58.